The number of methoxy groups -OCH3 is 2. The van der Waals surface area contributed by atoms with Gasteiger partial charge in [0.2, 0.25) is 0 Å². The summed E-state index contributed by atoms with van der Waals surface area (Å²) >= 11 is 3.63. The average molecular weight is 466 g/mol. The number of rotatable bonds is 10. The molecule has 0 amide bonds. The molecule has 0 saturated carbocycles. The molecule has 30 heavy (non-hydrogen) atoms. The number of nitrogens with zero attached hydrogens (tertiary/aromatic N) is 1. The van der Waals surface area contributed by atoms with E-state index < -0.39 is 6.29 Å². The van der Waals surface area contributed by atoms with Gasteiger partial charge in [-0.15, -0.1) is 0 Å². The van der Waals surface area contributed by atoms with Crippen LogP contribution in [0.25, 0.3) is 6.08 Å². The van der Waals surface area contributed by atoms with Gasteiger partial charge in [0.05, 0.1) is 6.04 Å². The van der Waals surface area contributed by atoms with Crippen LogP contribution in [0.3, 0.4) is 0 Å². The molecule has 0 N–H and O–H groups in total. The van der Waals surface area contributed by atoms with Crippen LogP contribution in [-0.4, -0.2) is 31.5 Å². The predicted molar refractivity (Wildman–Crippen MR) is 127 cm³/mol. The van der Waals surface area contributed by atoms with E-state index in [4.69, 9.17) is 9.47 Å². The van der Waals surface area contributed by atoms with Gasteiger partial charge in [-0.3, -0.25) is 4.90 Å². The van der Waals surface area contributed by atoms with Crippen LogP contribution in [0.4, 0.5) is 0 Å². The number of halogens is 1. The quantitative estimate of drug-likeness (QED) is 0.335. The van der Waals surface area contributed by atoms with Crippen molar-refractivity contribution in [2.45, 2.75) is 25.4 Å². The van der Waals surface area contributed by atoms with Gasteiger partial charge >= 0.3 is 0 Å². The molecule has 3 rings (SSSR count). The molecule has 0 heterocycles. The third kappa shape index (κ3) is 6.38. The normalized spacial score (nSPS) is 12.7. The second-order valence-electron chi connectivity index (χ2n) is 7.09. The largest absolute Gasteiger partial charge is 0.354 e. The van der Waals surface area contributed by atoms with Gasteiger partial charge in [-0.1, -0.05) is 107 Å². The Hall–Kier alpha value is -2.24. The summed E-state index contributed by atoms with van der Waals surface area (Å²) in [4.78, 5) is 2.38. The zero-order valence-electron chi connectivity index (χ0n) is 17.4. The smallest absolute Gasteiger partial charge is 0.175 e. The number of hydrogen-bond donors (Lipinski definition) is 0. The minimum atomic E-state index is -0.392. The highest BCUT2D eigenvalue weighted by Crippen LogP contribution is 2.22. The van der Waals surface area contributed by atoms with Crippen LogP contribution in [-0.2, 0) is 22.6 Å². The highest BCUT2D eigenvalue weighted by Gasteiger charge is 2.26. The topological polar surface area (TPSA) is 21.7 Å². The lowest BCUT2D eigenvalue weighted by atomic mass is 10.1. The maximum absolute atomic E-state index is 5.71. The average Bonchev–Trinajstić information content (AvgIpc) is 2.79. The molecule has 0 fully saturated rings. The molecule has 0 aromatic heterocycles. The summed E-state index contributed by atoms with van der Waals surface area (Å²) in [7, 11) is 3.38. The predicted octanol–water partition coefficient (Wildman–Crippen LogP) is 6.15. The minimum Gasteiger partial charge on any atom is -0.354 e. The summed E-state index contributed by atoms with van der Waals surface area (Å²) in [6.45, 7) is 1.56. The summed E-state index contributed by atoms with van der Waals surface area (Å²) < 4.78 is 12.5. The SMILES string of the molecule is COC(OC)C(C=Cc1ccccc1Br)N(Cc1ccccc1)Cc1ccccc1. The van der Waals surface area contributed by atoms with Crippen molar-refractivity contribution in [1.82, 2.24) is 4.90 Å². The van der Waals surface area contributed by atoms with E-state index in [-0.39, 0.29) is 6.04 Å². The molecule has 3 nitrogen and oxygen atoms in total. The Labute approximate surface area is 188 Å². The molecular formula is C26H28BrNO2. The molecule has 0 bridgehead atoms. The zero-order valence-corrected chi connectivity index (χ0v) is 19.0. The van der Waals surface area contributed by atoms with Crippen molar-refractivity contribution in [1.29, 1.82) is 0 Å². The van der Waals surface area contributed by atoms with Crippen LogP contribution in [0.5, 0.6) is 0 Å². The van der Waals surface area contributed by atoms with E-state index in [1.54, 1.807) is 14.2 Å². The Morgan fingerprint density at radius 1 is 0.767 bits per heavy atom. The molecule has 0 aliphatic carbocycles. The Morgan fingerprint density at radius 3 is 1.77 bits per heavy atom. The van der Waals surface area contributed by atoms with Crippen molar-refractivity contribution in [2.75, 3.05) is 14.2 Å². The minimum absolute atomic E-state index is 0.0764. The first-order valence-corrected chi connectivity index (χ1v) is 10.8. The number of benzene rings is 3. The lowest BCUT2D eigenvalue weighted by Gasteiger charge is -2.34. The van der Waals surface area contributed by atoms with Crippen LogP contribution in [0.2, 0.25) is 0 Å². The molecule has 0 aliphatic rings. The summed E-state index contributed by atoms with van der Waals surface area (Å²) in [6.07, 6.45) is 3.91. The van der Waals surface area contributed by atoms with Crippen molar-refractivity contribution in [3.63, 3.8) is 0 Å². The summed E-state index contributed by atoms with van der Waals surface area (Å²) in [6, 6.07) is 29.1. The van der Waals surface area contributed by atoms with Gasteiger partial charge in [-0.25, -0.2) is 0 Å². The Bertz CT molecular complexity index is 869. The van der Waals surface area contributed by atoms with E-state index in [1.165, 1.54) is 11.1 Å². The first-order chi connectivity index (χ1) is 14.7. The molecule has 0 radical (unpaired) electrons. The van der Waals surface area contributed by atoms with Crippen LogP contribution < -0.4 is 0 Å². The molecule has 4 heteroatoms. The monoisotopic (exact) mass is 465 g/mol. The molecule has 0 saturated heterocycles. The van der Waals surface area contributed by atoms with Crippen LogP contribution in [0.15, 0.2) is 95.5 Å². The molecule has 0 aliphatic heterocycles. The van der Waals surface area contributed by atoms with Gasteiger partial charge in [0.15, 0.2) is 6.29 Å². The van der Waals surface area contributed by atoms with E-state index in [0.29, 0.717) is 0 Å². The van der Waals surface area contributed by atoms with Gasteiger partial charge < -0.3 is 9.47 Å². The maximum atomic E-state index is 5.71. The van der Waals surface area contributed by atoms with Gasteiger partial charge in [-0.2, -0.15) is 0 Å². The first-order valence-electron chi connectivity index (χ1n) is 10.0. The van der Waals surface area contributed by atoms with E-state index in [2.05, 4.69) is 87.6 Å². The fraction of sp³-hybridized carbons (Fsp3) is 0.231. The summed E-state index contributed by atoms with van der Waals surface area (Å²) in [5.41, 5.74) is 3.62. The third-order valence-corrected chi connectivity index (χ3v) is 5.72. The highest BCUT2D eigenvalue weighted by molar-refractivity contribution is 9.10. The van der Waals surface area contributed by atoms with Crippen molar-refractivity contribution in [3.05, 3.63) is 112 Å². The van der Waals surface area contributed by atoms with Crippen molar-refractivity contribution in [3.8, 4) is 0 Å². The molecular weight excluding hydrogens is 438 g/mol. The molecule has 3 aromatic carbocycles. The van der Waals surface area contributed by atoms with E-state index in [1.807, 2.05) is 30.3 Å². The summed E-state index contributed by atoms with van der Waals surface area (Å²) in [5.74, 6) is 0. The van der Waals surface area contributed by atoms with Gasteiger partial charge in [-0.05, 0) is 22.8 Å². The third-order valence-electron chi connectivity index (χ3n) is 5.00. The fourth-order valence-electron chi connectivity index (χ4n) is 3.47. The second kappa shape index (κ2) is 11.8. The van der Waals surface area contributed by atoms with Crippen LogP contribution in [0.1, 0.15) is 16.7 Å². The van der Waals surface area contributed by atoms with Crippen molar-refractivity contribution < 1.29 is 9.47 Å². The lowest BCUT2D eigenvalue weighted by molar-refractivity contribution is -0.138. The lowest BCUT2D eigenvalue weighted by Crippen LogP contribution is -2.43. The van der Waals surface area contributed by atoms with E-state index in [9.17, 15) is 0 Å². The first kappa shape index (κ1) is 22.4. The van der Waals surface area contributed by atoms with Gasteiger partial charge in [0, 0.05) is 31.8 Å². The number of ether oxygens (including phenoxy) is 2. The maximum Gasteiger partial charge on any atom is 0.175 e. The Balaban J connectivity index is 1.95. The second-order valence-corrected chi connectivity index (χ2v) is 7.94. The van der Waals surface area contributed by atoms with Crippen LogP contribution in [0, 0.1) is 0 Å². The molecule has 1 atom stereocenters. The molecule has 1 unspecified atom stereocenters. The van der Waals surface area contributed by atoms with E-state index in [0.717, 1.165) is 23.1 Å². The molecule has 0 spiro atoms. The standard InChI is InChI=1S/C26H28BrNO2/c1-29-26(30-2)25(18-17-23-15-9-10-16-24(23)27)28(19-21-11-5-3-6-12-21)20-22-13-7-4-8-14-22/h3-18,25-26H,19-20H2,1-2H3. The Kier molecular flexibility index (Phi) is 8.84. The van der Waals surface area contributed by atoms with Gasteiger partial charge in [0.25, 0.3) is 0 Å². The van der Waals surface area contributed by atoms with Crippen molar-refractivity contribution >= 4 is 22.0 Å². The highest BCUT2D eigenvalue weighted by atomic mass is 79.9. The van der Waals surface area contributed by atoms with Crippen molar-refractivity contribution in [2.24, 2.45) is 0 Å². The zero-order chi connectivity index (χ0) is 21.2. The summed E-state index contributed by atoms with van der Waals surface area (Å²) in [5, 5.41) is 0. The number of hydrogen-bond acceptors (Lipinski definition) is 3. The Morgan fingerprint density at radius 2 is 1.27 bits per heavy atom. The fourth-order valence-corrected chi connectivity index (χ4v) is 3.89. The van der Waals surface area contributed by atoms with Gasteiger partial charge in [0.1, 0.15) is 0 Å². The van der Waals surface area contributed by atoms with Crippen LogP contribution >= 0.6 is 15.9 Å². The van der Waals surface area contributed by atoms with E-state index >= 15 is 0 Å². The molecule has 156 valence electrons. The molecule has 3 aromatic rings.